The molecule has 0 unspecified atom stereocenters. The van der Waals surface area contributed by atoms with E-state index >= 15 is 0 Å². The van der Waals surface area contributed by atoms with Crippen LogP contribution in [0.3, 0.4) is 0 Å². The fourth-order valence-corrected chi connectivity index (χ4v) is 4.07. The molecule has 1 atom stereocenters. The fraction of sp³-hybridized carbons (Fsp3) is 0.150. The molecule has 0 radical (unpaired) electrons. The molecule has 1 amide bonds. The second kappa shape index (κ2) is 7.24. The van der Waals surface area contributed by atoms with Crippen LogP contribution >= 0.6 is 11.6 Å². The van der Waals surface area contributed by atoms with Crippen LogP contribution in [0.15, 0.2) is 53.6 Å². The minimum Gasteiger partial charge on any atom is -0.409 e. The normalized spacial score (nSPS) is 15.8. The molecule has 0 saturated carbocycles. The van der Waals surface area contributed by atoms with Crippen molar-refractivity contribution in [2.24, 2.45) is 0 Å². The summed E-state index contributed by atoms with van der Waals surface area (Å²) in [5.41, 5.74) is 3.03. The number of nitrogens with one attached hydrogen (secondary N) is 1. The minimum atomic E-state index is -0.545. The van der Waals surface area contributed by atoms with Gasteiger partial charge in [-0.15, -0.1) is 10.2 Å². The number of hydrogen-bond donors (Lipinski definition) is 1. The van der Waals surface area contributed by atoms with Gasteiger partial charge in [-0.1, -0.05) is 11.6 Å². The number of rotatable bonds is 3. The second-order valence-corrected chi connectivity index (χ2v) is 7.56. The quantitative estimate of drug-likeness (QED) is 0.446. The van der Waals surface area contributed by atoms with Crippen molar-refractivity contribution in [1.29, 1.82) is 0 Å². The molecular weight excluding hydrogens is 434 g/mol. The molecule has 0 spiro atoms. The Morgan fingerprint density at radius 3 is 2.91 bits per heavy atom. The number of hydrogen-bond acceptors (Lipinski definition) is 8. The lowest BCUT2D eigenvalue weighted by molar-refractivity contribution is 0.0646. The summed E-state index contributed by atoms with van der Waals surface area (Å²) in [5.74, 6) is -0.263. The summed E-state index contributed by atoms with van der Waals surface area (Å²) in [7, 11) is 0. The molecular formula is C20H14ClN9O2. The minimum absolute atomic E-state index is 0.0717. The van der Waals surface area contributed by atoms with Gasteiger partial charge in [0, 0.05) is 37.3 Å². The van der Waals surface area contributed by atoms with Gasteiger partial charge in [-0.3, -0.25) is 4.79 Å². The van der Waals surface area contributed by atoms with Gasteiger partial charge in [0.25, 0.3) is 5.89 Å². The number of aromatic amines is 1. The van der Waals surface area contributed by atoms with Crippen LogP contribution in [0.1, 0.15) is 33.8 Å². The number of carbonyl (C=O) groups excluding carboxylic acids is 1. The Hall–Kier alpha value is -4.12. The van der Waals surface area contributed by atoms with E-state index in [1.165, 1.54) is 0 Å². The SMILES string of the molecule is O=C(c1nnc(-c2ncccn2)o1)N1CCc2[nH]cnc2[C@@H]1c1cc2c(Cl)cccn2n1. The average molecular weight is 448 g/mol. The molecule has 5 aromatic heterocycles. The summed E-state index contributed by atoms with van der Waals surface area (Å²) in [6.45, 7) is 0.417. The molecule has 12 heteroatoms. The molecule has 1 N–H and O–H groups in total. The summed E-state index contributed by atoms with van der Waals surface area (Å²) in [6.07, 6.45) is 7.14. The average Bonchev–Trinajstić information content (AvgIpc) is 3.58. The smallest absolute Gasteiger partial charge is 0.312 e. The molecule has 32 heavy (non-hydrogen) atoms. The number of imidazole rings is 1. The zero-order valence-electron chi connectivity index (χ0n) is 16.4. The highest BCUT2D eigenvalue weighted by Gasteiger charge is 2.38. The molecule has 0 aliphatic carbocycles. The first-order valence-electron chi connectivity index (χ1n) is 9.77. The van der Waals surface area contributed by atoms with Crippen LogP contribution in [0.25, 0.3) is 17.2 Å². The monoisotopic (exact) mass is 447 g/mol. The molecule has 6 rings (SSSR count). The van der Waals surface area contributed by atoms with E-state index in [-0.39, 0.29) is 17.6 Å². The van der Waals surface area contributed by atoms with Crippen molar-refractivity contribution in [1.82, 2.24) is 44.6 Å². The molecule has 0 fully saturated rings. The third-order valence-corrected chi connectivity index (χ3v) is 5.62. The Morgan fingerprint density at radius 2 is 2.06 bits per heavy atom. The van der Waals surface area contributed by atoms with E-state index in [9.17, 15) is 4.79 Å². The van der Waals surface area contributed by atoms with Gasteiger partial charge < -0.3 is 14.3 Å². The van der Waals surface area contributed by atoms with E-state index < -0.39 is 11.9 Å². The van der Waals surface area contributed by atoms with E-state index in [1.807, 2.05) is 12.1 Å². The highest BCUT2D eigenvalue weighted by molar-refractivity contribution is 6.33. The number of H-pyrrole nitrogens is 1. The van der Waals surface area contributed by atoms with E-state index in [0.29, 0.717) is 23.7 Å². The van der Waals surface area contributed by atoms with Crippen LogP contribution in [-0.4, -0.2) is 57.1 Å². The zero-order valence-corrected chi connectivity index (χ0v) is 17.1. The number of halogens is 1. The van der Waals surface area contributed by atoms with E-state index in [4.69, 9.17) is 16.0 Å². The van der Waals surface area contributed by atoms with E-state index in [1.54, 1.807) is 46.5 Å². The third-order valence-electron chi connectivity index (χ3n) is 5.30. The van der Waals surface area contributed by atoms with Gasteiger partial charge in [-0.25, -0.2) is 19.5 Å². The van der Waals surface area contributed by atoms with Gasteiger partial charge in [0.05, 0.1) is 28.3 Å². The molecule has 158 valence electrons. The third kappa shape index (κ3) is 2.94. The summed E-state index contributed by atoms with van der Waals surface area (Å²) >= 11 is 6.34. The first kappa shape index (κ1) is 18.6. The van der Waals surface area contributed by atoms with Crippen molar-refractivity contribution >= 4 is 23.0 Å². The Bertz CT molecular complexity index is 1440. The lowest BCUT2D eigenvalue weighted by atomic mass is 9.99. The fourth-order valence-electron chi connectivity index (χ4n) is 3.86. The van der Waals surface area contributed by atoms with Crippen molar-refractivity contribution in [2.45, 2.75) is 12.5 Å². The maximum Gasteiger partial charge on any atom is 0.312 e. The summed E-state index contributed by atoms with van der Waals surface area (Å²) < 4.78 is 7.28. The predicted octanol–water partition coefficient (Wildman–Crippen LogP) is 2.34. The zero-order chi connectivity index (χ0) is 21.7. The lowest BCUT2D eigenvalue weighted by Crippen LogP contribution is -2.41. The second-order valence-electron chi connectivity index (χ2n) is 7.16. The van der Waals surface area contributed by atoms with Crippen LogP contribution in [0.5, 0.6) is 0 Å². The summed E-state index contributed by atoms with van der Waals surface area (Å²) in [5, 5.41) is 13.1. The highest BCUT2D eigenvalue weighted by Crippen LogP contribution is 2.35. The Labute approximate surface area is 185 Å². The van der Waals surface area contributed by atoms with Gasteiger partial charge in [-0.2, -0.15) is 5.10 Å². The van der Waals surface area contributed by atoms with E-state index in [2.05, 4.69) is 35.2 Å². The van der Waals surface area contributed by atoms with Crippen LogP contribution in [0, 0.1) is 0 Å². The van der Waals surface area contributed by atoms with Crippen LogP contribution in [0.4, 0.5) is 0 Å². The standard InChI is InChI=1S/C20H14ClN9O2/c21-11-3-1-7-30-14(11)9-13(28-30)16-15-12(24-10-25-15)4-8-29(16)20(31)19-27-26-18(32-19)17-22-5-2-6-23-17/h1-3,5-7,9-10,16H,4,8H2,(H,24,25)/t16-/m0/s1. The molecule has 5 aromatic rings. The van der Waals surface area contributed by atoms with Gasteiger partial charge >= 0.3 is 11.8 Å². The maximum atomic E-state index is 13.4. The Balaban J connectivity index is 1.41. The molecule has 0 bridgehead atoms. The lowest BCUT2D eigenvalue weighted by Gasteiger charge is -2.32. The van der Waals surface area contributed by atoms with Gasteiger partial charge in [0.15, 0.2) is 0 Å². The molecule has 11 nitrogen and oxygen atoms in total. The van der Waals surface area contributed by atoms with Crippen LogP contribution in [-0.2, 0) is 6.42 Å². The summed E-state index contributed by atoms with van der Waals surface area (Å²) in [4.78, 5) is 30.8. The molecule has 1 aliphatic rings. The highest BCUT2D eigenvalue weighted by atomic mass is 35.5. The first-order valence-corrected chi connectivity index (χ1v) is 10.1. The topological polar surface area (TPSA) is 131 Å². The van der Waals surface area contributed by atoms with E-state index in [0.717, 1.165) is 16.9 Å². The van der Waals surface area contributed by atoms with Gasteiger partial charge in [0.1, 0.15) is 6.04 Å². The van der Waals surface area contributed by atoms with Gasteiger partial charge in [-0.05, 0) is 24.3 Å². The molecule has 6 heterocycles. The van der Waals surface area contributed by atoms with Crippen molar-refractivity contribution in [2.75, 3.05) is 6.54 Å². The number of carbonyl (C=O) groups is 1. The predicted molar refractivity (Wildman–Crippen MR) is 111 cm³/mol. The molecule has 0 aromatic carbocycles. The van der Waals surface area contributed by atoms with Crippen molar-refractivity contribution in [3.05, 3.63) is 77.2 Å². The Kier molecular flexibility index (Phi) is 4.21. The van der Waals surface area contributed by atoms with Gasteiger partial charge in [0.2, 0.25) is 5.82 Å². The first-order chi connectivity index (χ1) is 15.7. The number of pyridine rings is 1. The molecule has 0 saturated heterocycles. The maximum absolute atomic E-state index is 13.4. The van der Waals surface area contributed by atoms with Crippen LogP contribution in [0.2, 0.25) is 5.02 Å². The Morgan fingerprint density at radius 1 is 1.19 bits per heavy atom. The van der Waals surface area contributed by atoms with Crippen molar-refractivity contribution in [3.8, 4) is 11.7 Å². The largest absolute Gasteiger partial charge is 0.409 e. The number of nitrogens with zero attached hydrogens (tertiary/aromatic N) is 8. The number of amides is 1. The molecule has 1 aliphatic heterocycles. The number of fused-ring (bicyclic) bond motifs is 2. The summed E-state index contributed by atoms with van der Waals surface area (Å²) in [6, 6.07) is 6.58. The van der Waals surface area contributed by atoms with Crippen LogP contribution < -0.4 is 0 Å². The number of aromatic nitrogens is 8. The van der Waals surface area contributed by atoms with Crippen molar-refractivity contribution in [3.63, 3.8) is 0 Å². The van der Waals surface area contributed by atoms with Crippen molar-refractivity contribution < 1.29 is 9.21 Å².